The predicted octanol–water partition coefficient (Wildman–Crippen LogP) is 4.00. The standard InChI is InChI=1S/C23H31NO5/c1-6-28-20-10-8-18(14-19(20)15-29-16(2)3)23(25)24-12-11-17-7-9-21(26-4)22(13-17)27-5/h7-10,13-14,16H,6,11-12,15H2,1-5H3,(H,24,25). The summed E-state index contributed by atoms with van der Waals surface area (Å²) in [6.45, 7) is 7.36. The molecular formula is C23H31NO5. The number of nitrogens with one attached hydrogen (secondary N) is 1. The smallest absolute Gasteiger partial charge is 0.251 e. The van der Waals surface area contributed by atoms with Gasteiger partial charge in [0.1, 0.15) is 5.75 Å². The van der Waals surface area contributed by atoms with Gasteiger partial charge in [-0.05, 0) is 63.1 Å². The van der Waals surface area contributed by atoms with Crippen LogP contribution in [0.15, 0.2) is 36.4 Å². The maximum absolute atomic E-state index is 12.6. The molecule has 0 fully saturated rings. The lowest BCUT2D eigenvalue weighted by atomic mass is 10.1. The van der Waals surface area contributed by atoms with Gasteiger partial charge in [-0.15, -0.1) is 0 Å². The molecule has 0 aromatic heterocycles. The summed E-state index contributed by atoms with van der Waals surface area (Å²) in [6, 6.07) is 11.2. The molecule has 158 valence electrons. The number of methoxy groups -OCH3 is 2. The van der Waals surface area contributed by atoms with E-state index in [1.807, 2.05) is 51.1 Å². The zero-order valence-corrected chi connectivity index (χ0v) is 17.9. The van der Waals surface area contributed by atoms with Crippen molar-refractivity contribution in [1.29, 1.82) is 0 Å². The fourth-order valence-corrected chi connectivity index (χ4v) is 2.84. The second-order valence-electron chi connectivity index (χ2n) is 6.81. The van der Waals surface area contributed by atoms with Gasteiger partial charge in [-0.2, -0.15) is 0 Å². The molecule has 6 heteroatoms. The Hall–Kier alpha value is -2.73. The van der Waals surface area contributed by atoms with Crippen molar-refractivity contribution in [3.8, 4) is 17.2 Å². The number of ether oxygens (including phenoxy) is 4. The Morgan fingerprint density at radius 3 is 2.38 bits per heavy atom. The minimum Gasteiger partial charge on any atom is -0.494 e. The highest BCUT2D eigenvalue weighted by Crippen LogP contribution is 2.27. The Morgan fingerprint density at radius 1 is 1.00 bits per heavy atom. The highest BCUT2D eigenvalue weighted by molar-refractivity contribution is 5.94. The lowest BCUT2D eigenvalue weighted by Gasteiger charge is -2.14. The monoisotopic (exact) mass is 401 g/mol. The van der Waals surface area contributed by atoms with Gasteiger partial charge in [-0.25, -0.2) is 0 Å². The Morgan fingerprint density at radius 2 is 1.72 bits per heavy atom. The van der Waals surface area contributed by atoms with Gasteiger partial charge in [-0.1, -0.05) is 6.07 Å². The number of carbonyl (C=O) groups is 1. The van der Waals surface area contributed by atoms with E-state index < -0.39 is 0 Å². The minimum atomic E-state index is -0.126. The summed E-state index contributed by atoms with van der Waals surface area (Å²) in [7, 11) is 3.21. The zero-order chi connectivity index (χ0) is 21.2. The summed E-state index contributed by atoms with van der Waals surface area (Å²) < 4.78 is 21.9. The van der Waals surface area contributed by atoms with Gasteiger partial charge in [-0.3, -0.25) is 4.79 Å². The molecule has 0 spiro atoms. The average molecular weight is 402 g/mol. The van der Waals surface area contributed by atoms with Crippen molar-refractivity contribution >= 4 is 5.91 Å². The van der Waals surface area contributed by atoms with Crippen molar-refractivity contribution < 1.29 is 23.7 Å². The molecule has 0 radical (unpaired) electrons. The summed E-state index contributed by atoms with van der Waals surface area (Å²) in [4.78, 5) is 12.6. The molecule has 2 aromatic rings. The van der Waals surface area contributed by atoms with Crippen LogP contribution in [0.4, 0.5) is 0 Å². The normalized spacial score (nSPS) is 10.7. The highest BCUT2D eigenvalue weighted by Gasteiger charge is 2.12. The Labute approximate surface area is 173 Å². The predicted molar refractivity (Wildman–Crippen MR) is 113 cm³/mol. The van der Waals surface area contributed by atoms with Crippen molar-refractivity contribution in [3.63, 3.8) is 0 Å². The third kappa shape index (κ3) is 6.68. The van der Waals surface area contributed by atoms with Crippen LogP contribution in [0.25, 0.3) is 0 Å². The van der Waals surface area contributed by atoms with E-state index in [0.29, 0.717) is 43.2 Å². The van der Waals surface area contributed by atoms with Crippen molar-refractivity contribution in [3.05, 3.63) is 53.1 Å². The average Bonchev–Trinajstić information content (AvgIpc) is 2.72. The van der Waals surface area contributed by atoms with E-state index in [0.717, 1.165) is 16.9 Å². The molecule has 0 atom stereocenters. The number of rotatable bonds is 11. The number of benzene rings is 2. The van der Waals surface area contributed by atoms with E-state index in [1.165, 1.54) is 0 Å². The van der Waals surface area contributed by atoms with Crippen LogP contribution in [0.5, 0.6) is 17.2 Å². The molecule has 1 amide bonds. The van der Waals surface area contributed by atoms with Crippen LogP contribution >= 0.6 is 0 Å². The topological polar surface area (TPSA) is 66.0 Å². The molecule has 29 heavy (non-hydrogen) atoms. The van der Waals surface area contributed by atoms with Gasteiger partial charge < -0.3 is 24.3 Å². The Balaban J connectivity index is 2.00. The fraction of sp³-hybridized carbons (Fsp3) is 0.435. The van der Waals surface area contributed by atoms with E-state index in [2.05, 4.69) is 5.32 Å². The number of hydrogen-bond acceptors (Lipinski definition) is 5. The first kappa shape index (κ1) is 22.6. The summed E-state index contributed by atoms with van der Waals surface area (Å²) in [5.41, 5.74) is 2.51. The van der Waals surface area contributed by atoms with Crippen LogP contribution in [-0.4, -0.2) is 39.4 Å². The van der Waals surface area contributed by atoms with Crippen LogP contribution in [0.1, 0.15) is 42.3 Å². The summed E-state index contributed by atoms with van der Waals surface area (Å²) in [5.74, 6) is 1.98. The van der Waals surface area contributed by atoms with E-state index in [4.69, 9.17) is 18.9 Å². The van der Waals surface area contributed by atoms with Gasteiger partial charge in [0.25, 0.3) is 5.91 Å². The molecule has 1 N–H and O–H groups in total. The summed E-state index contributed by atoms with van der Waals surface area (Å²) in [6.07, 6.45) is 0.787. The second-order valence-corrected chi connectivity index (χ2v) is 6.81. The third-order valence-corrected chi connectivity index (χ3v) is 4.34. The number of amides is 1. The van der Waals surface area contributed by atoms with Crippen LogP contribution in [0, 0.1) is 0 Å². The first-order valence-corrected chi connectivity index (χ1v) is 9.84. The molecule has 0 aliphatic carbocycles. The summed E-state index contributed by atoms with van der Waals surface area (Å²) >= 11 is 0. The quantitative estimate of drug-likeness (QED) is 0.616. The molecule has 0 heterocycles. The van der Waals surface area contributed by atoms with E-state index in [-0.39, 0.29) is 12.0 Å². The molecular weight excluding hydrogens is 370 g/mol. The van der Waals surface area contributed by atoms with E-state index in [9.17, 15) is 4.79 Å². The van der Waals surface area contributed by atoms with Crippen molar-refractivity contribution in [1.82, 2.24) is 5.32 Å². The number of carbonyl (C=O) groups excluding carboxylic acids is 1. The fourth-order valence-electron chi connectivity index (χ4n) is 2.84. The second kappa shape index (κ2) is 11.3. The lowest BCUT2D eigenvalue weighted by Crippen LogP contribution is -2.25. The molecule has 6 nitrogen and oxygen atoms in total. The van der Waals surface area contributed by atoms with Crippen molar-refractivity contribution in [2.75, 3.05) is 27.4 Å². The zero-order valence-electron chi connectivity index (χ0n) is 17.9. The van der Waals surface area contributed by atoms with Gasteiger partial charge in [0.05, 0.1) is 33.5 Å². The van der Waals surface area contributed by atoms with E-state index >= 15 is 0 Å². The molecule has 0 saturated carbocycles. The Bertz CT molecular complexity index is 804. The molecule has 0 bridgehead atoms. The van der Waals surface area contributed by atoms with Crippen molar-refractivity contribution in [2.45, 2.75) is 39.9 Å². The van der Waals surface area contributed by atoms with Gasteiger partial charge in [0, 0.05) is 17.7 Å². The Kier molecular flexibility index (Phi) is 8.80. The first-order chi connectivity index (χ1) is 14.0. The maximum Gasteiger partial charge on any atom is 0.251 e. The van der Waals surface area contributed by atoms with Crippen LogP contribution < -0.4 is 19.5 Å². The van der Waals surface area contributed by atoms with Gasteiger partial charge in [0.15, 0.2) is 11.5 Å². The largest absolute Gasteiger partial charge is 0.494 e. The highest BCUT2D eigenvalue weighted by atomic mass is 16.5. The molecule has 0 saturated heterocycles. The molecule has 0 aliphatic rings. The van der Waals surface area contributed by atoms with Crippen LogP contribution in [-0.2, 0) is 17.8 Å². The molecule has 0 aliphatic heterocycles. The summed E-state index contributed by atoms with van der Waals surface area (Å²) in [5, 5.41) is 2.96. The first-order valence-electron chi connectivity index (χ1n) is 9.84. The molecule has 2 aromatic carbocycles. The van der Waals surface area contributed by atoms with Gasteiger partial charge >= 0.3 is 0 Å². The lowest BCUT2D eigenvalue weighted by molar-refractivity contribution is 0.0641. The number of hydrogen-bond donors (Lipinski definition) is 1. The molecule has 0 unspecified atom stereocenters. The van der Waals surface area contributed by atoms with E-state index in [1.54, 1.807) is 20.3 Å². The van der Waals surface area contributed by atoms with Crippen molar-refractivity contribution in [2.24, 2.45) is 0 Å². The molecule has 2 rings (SSSR count). The van der Waals surface area contributed by atoms with Crippen LogP contribution in [0.3, 0.4) is 0 Å². The van der Waals surface area contributed by atoms with Crippen LogP contribution in [0.2, 0.25) is 0 Å². The maximum atomic E-state index is 12.6. The van der Waals surface area contributed by atoms with Gasteiger partial charge in [0.2, 0.25) is 0 Å². The SMILES string of the molecule is CCOc1ccc(C(=O)NCCc2ccc(OC)c(OC)c2)cc1COC(C)C. The third-order valence-electron chi connectivity index (χ3n) is 4.34. The minimum absolute atomic E-state index is 0.100.